The minimum absolute atomic E-state index is 0. The van der Waals surface area contributed by atoms with Crippen LogP contribution in [-0.2, 0) is 9.59 Å². The molecule has 2 N–H and O–H groups in total. The molecule has 6 heteroatoms. The minimum Gasteiger partial charge on any atom is 0.316 e. The Kier molecular flexibility index (Phi) is 27.9. The van der Waals surface area contributed by atoms with E-state index in [9.17, 15) is 4.79 Å². The molecule has 0 rings (SSSR count). The Morgan fingerprint density at radius 1 is 1.17 bits per heavy atom. The van der Waals surface area contributed by atoms with Gasteiger partial charge in [-0.25, -0.2) is 0 Å². The van der Waals surface area contributed by atoms with Gasteiger partial charge in [-0.2, -0.15) is 0 Å². The van der Waals surface area contributed by atoms with Gasteiger partial charge in [0.15, 0.2) is 0 Å². The van der Waals surface area contributed by atoms with Gasteiger partial charge in [-0.15, -0.1) is 0 Å². The van der Waals surface area contributed by atoms with Gasteiger partial charge < -0.3 is 10.2 Å². The average Bonchev–Trinajstić information content (AvgIpc) is 1.63. The molecule has 0 amide bonds. The number of carbonyl (C=O) groups is 2. The molecule has 0 saturated heterocycles. The zero-order valence-corrected chi connectivity index (χ0v) is 6.29. The number of aliphatic carboxylic acids is 2. The summed E-state index contributed by atoms with van der Waals surface area (Å²) in [6.07, 6.45) is 0. The standard InChI is InChI=1S/C4H8O2.C2H4O2.Ca.Mg.4H/c1-3(2)4(5)6;1-2(3)4;;;;;;/h3H,1-2H3,(H,5,6);1H3,(H,3,4);;;;;;. The molecule has 0 aliphatic heterocycles. The van der Waals surface area contributed by atoms with Crippen molar-refractivity contribution in [2.45, 2.75) is 20.8 Å². The van der Waals surface area contributed by atoms with Crippen LogP contribution in [0.1, 0.15) is 20.8 Å². The summed E-state index contributed by atoms with van der Waals surface area (Å²) >= 11 is 0. The van der Waals surface area contributed by atoms with Crippen molar-refractivity contribution in [2.24, 2.45) is 5.92 Å². The molecule has 0 aliphatic rings. The van der Waals surface area contributed by atoms with E-state index >= 15 is 0 Å². The van der Waals surface area contributed by atoms with Crippen LogP contribution in [0.3, 0.4) is 0 Å². The van der Waals surface area contributed by atoms with Crippen molar-refractivity contribution >= 4 is 72.7 Å². The van der Waals surface area contributed by atoms with Crippen molar-refractivity contribution in [3.8, 4) is 0 Å². The molecule has 12 heavy (non-hydrogen) atoms. The molecule has 0 radical (unpaired) electrons. The maximum atomic E-state index is 9.70. The van der Waals surface area contributed by atoms with Crippen LogP contribution in [0.15, 0.2) is 0 Å². The van der Waals surface area contributed by atoms with Crippen molar-refractivity contribution in [2.75, 3.05) is 0 Å². The third-order valence-corrected chi connectivity index (χ3v) is 0.494. The Morgan fingerprint density at radius 2 is 1.25 bits per heavy atom. The third-order valence-electron chi connectivity index (χ3n) is 0.494. The molecule has 0 aromatic rings. The Morgan fingerprint density at radius 3 is 1.25 bits per heavy atom. The number of carboxylic acids is 2. The topological polar surface area (TPSA) is 74.6 Å². The summed E-state index contributed by atoms with van der Waals surface area (Å²) in [7, 11) is 0. The SMILES string of the molecule is CC(=O)O.CC(C)C(=O)O.[CaH2].[MgH2]. The molecule has 0 aromatic heterocycles. The van der Waals surface area contributed by atoms with Gasteiger partial charge in [-0.3, -0.25) is 9.59 Å². The van der Waals surface area contributed by atoms with E-state index < -0.39 is 11.9 Å². The van der Waals surface area contributed by atoms with Crippen LogP contribution in [0.5, 0.6) is 0 Å². The maximum Gasteiger partial charge on any atom is 0.316 e. The predicted molar refractivity (Wildman–Crippen MR) is 52.9 cm³/mol. The molecule has 0 atom stereocenters. The van der Waals surface area contributed by atoms with Crippen molar-refractivity contribution in [1.82, 2.24) is 0 Å². The number of rotatable bonds is 1. The Labute approximate surface area is 118 Å². The Bertz CT molecular complexity index is 123. The molecule has 68 valence electrons. The van der Waals surface area contributed by atoms with Gasteiger partial charge >= 0.3 is 66.8 Å². The van der Waals surface area contributed by atoms with Gasteiger partial charge in [0.2, 0.25) is 0 Å². The zero-order chi connectivity index (χ0) is 8.73. The van der Waals surface area contributed by atoms with E-state index in [0.29, 0.717) is 0 Å². The van der Waals surface area contributed by atoms with E-state index in [0.717, 1.165) is 6.92 Å². The van der Waals surface area contributed by atoms with E-state index in [1.54, 1.807) is 13.8 Å². The van der Waals surface area contributed by atoms with Gasteiger partial charge in [0.1, 0.15) is 0 Å². The molecule has 0 aromatic carbocycles. The predicted octanol–water partition coefficient (Wildman–Crippen LogP) is -1.01. The molecular formula is C6H16CaMgO4. The molecular weight excluding hydrogens is 200 g/mol. The number of hydrogen-bond donors (Lipinski definition) is 2. The summed E-state index contributed by atoms with van der Waals surface area (Å²) in [5.41, 5.74) is 0. The molecule has 0 unspecified atom stereocenters. The fourth-order valence-corrected chi connectivity index (χ4v) is 0. The summed E-state index contributed by atoms with van der Waals surface area (Å²) in [5.74, 6) is -1.81. The number of carboxylic acid groups (broad SMARTS) is 2. The fourth-order valence-electron chi connectivity index (χ4n) is 0. The van der Waals surface area contributed by atoms with Gasteiger partial charge in [-0.1, -0.05) is 13.8 Å². The molecule has 0 heterocycles. The van der Waals surface area contributed by atoms with Crippen LogP contribution in [-0.4, -0.2) is 82.9 Å². The quantitative estimate of drug-likeness (QED) is 0.551. The first-order chi connectivity index (χ1) is 4.37. The molecule has 0 bridgehead atoms. The van der Waals surface area contributed by atoms with E-state index in [1.165, 1.54) is 0 Å². The van der Waals surface area contributed by atoms with Gasteiger partial charge in [0.25, 0.3) is 5.97 Å². The van der Waals surface area contributed by atoms with Crippen LogP contribution in [0.2, 0.25) is 0 Å². The maximum absolute atomic E-state index is 9.70. The first-order valence-corrected chi connectivity index (χ1v) is 2.80. The summed E-state index contributed by atoms with van der Waals surface area (Å²) in [4.78, 5) is 18.7. The summed E-state index contributed by atoms with van der Waals surface area (Å²) in [5, 5.41) is 15.4. The molecule has 0 aliphatic carbocycles. The Balaban J connectivity index is -0.0000000483. The average molecular weight is 217 g/mol. The monoisotopic (exact) mass is 216 g/mol. The second-order valence-electron chi connectivity index (χ2n) is 2.01. The molecule has 0 fully saturated rings. The second kappa shape index (κ2) is 14.5. The van der Waals surface area contributed by atoms with Crippen LogP contribution in [0.25, 0.3) is 0 Å². The molecule has 4 nitrogen and oxygen atoms in total. The number of hydrogen-bond acceptors (Lipinski definition) is 2. The van der Waals surface area contributed by atoms with E-state index in [1.807, 2.05) is 0 Å². The van der Waals surface area contributed by atoms with Crippen LogP contribution in [0.4, 0.5) is 0 Å². The Hall–Kier alpha value is 0.966. The molecule has 0 spiro atoms. The first kappa shape index (κ1) is 23.1. The van der Waals surface area contributed by atoms with Crippen LogP contribution >= 0.6 is 0 Å². The van der Waals surface area contributed by atoms with Gasteiger partial charge in [0.05, 0.1) is 5.92 Å². The third kappa shape index (κ3) is 44.2. The summed E-state index contributed by atoms with van der Waals surface area (Å²) in [6, 6.07) is 0. The van der Waals surface area contributed by atoms with E-state index in [-0.39, 0.29) is 66.7 Å². The first-order valence-electron chi connectivity index (χ1n) is 2.80. The van der Waals surface area contributed by atoms with E-state index in [4.69, 9.17) is 15.0 Å². The normalized spacial score (nSPS) is 6.67. The minimum atomic E-state index is -0.833. The van der Waals surface area contributed by atoms with Crippen LogP contribution in [0, 0.1) is 5.92 Å². The van der Waals surface area contributed by atoms with Crippen LogP contribution < -0.4 is 0 Å². The largest absolute Gasteiger partial charge is 0.316 e. The van der Waals surface area contributed by atoms with Crippen molar-refractivity contribution in [3.63, 3.8) is 0 Å². The smallest absolute Gasteiger partial charge is 0.316 e. The molecule has 0 saturated carbocycles. The van der Waals surface area contributed by atoms with Crippen molar-refractivity contribution < 1.29 is 19.8 Å². The van der Waals surface area contributed by atoms with E-state index in [2.05, 4.69) is 0 Å². The van der Waals surface area contributed by atoms with Crippen molar-refractivity contribution in [3.05, 3.63) is 0 Å². The zero-order valence-electron chi connectivity index (χ0n) is 6.29. The summed E-state index contributed by atoms with van der Waals surface area (Å²) < 4.78 is 0. The van der Waals surface area contributed by atoms with Gasteiger partial charge in [0, 0.05) is 6.92 Å². The van der Waals surface area contributed by atoms with Crippen molar-refractivity contribution in [1.29, 1.82) is 0 Å². The fraction of sp³-hybridized carbons (Fsp3) is 0.667. The summed E-state index contributed by atoms with van der Waals surface area (Å²) in [6.45, 7) is 4.37. The second-order valence-corrected chi connectivity index (χ2v) is 2.01. The van der Waals surface area contributed by atoms with Gasteiger partial charge in [-0.05, 0) is 0 Å².